The summed E-state index contributed by atoms with van der Waals surface area (Å²) in [6.07, 6.45) is 0.938. The molecule has 1 aliphatic heterocycles. The minimum absolute atomic E-state index is 0.0433. The quantitative estimate of drug-likeness (QED) is 0.494. The van der Waals surface area contributed by atoms with Crippen LogP contribution in [0, 0.1) is 5.92 Å². The Kier molecular flexibility index (Phi) is 8.64. The monoisotopic (exact) mass is 522 g/mol. The molecule has 1 fully saturated rings. The Balaban J connectivity index is 1.87. The van der Waals surface area contributed by atoms with Crippen molar-refractivity contribution in [3.8, 4) is 23.0 Å². The van der Waals surface area contributed by atoms with E-state index in [0.29, 0.717) is 24.3 Å². The number of hydrogen-bond acceptors (Lipinski definition) is 9. The Morgan fingerprint density at radius 1 is 0.917 bits per heavy atom. The molecule has 1 amide bonds. The Morgan fingerprint density at radius 3 is 2.19 bits per heavy atom. The van der Waals surface area contributed by atoms with Gasteiger partial charge in [-0.3, -0.25) is 4.79 Å². The van der Waals surface area contributed by atoms with E-state index in [-0.39, 0.29) is 40.7 Å². The summed E-state index contributed by atoms with van der Waals surface area (Å²) in [7, 11) is 2.91. The van der Waals surface area contributed by atoms with Gasteiger partial charge in [0.1, 0.15) is 16.4 Å². The van der Waals surface area contributed by atoms with E-state index in [1.165, 1.54) is 64.1 Å². The van der Waals surface area contributed by atoms with Crippen LogP contribution in [-0.2, 0) is 19.6 Å². The molecular weight excluding hydrogens is 492 g/mol. The van der Waals surface area contributed by atoms with Gasteiger partial charge in [-0.25, -0.2) is 13.2 Å². The second-order valence-corrected chi connectivity index (χ2v) is 9.86. The number of carbonyl (C=O) groups excluding carboxylic acids is 2. The molecule has 0 bridgehead atoms. The van der Waals surface area contributed by atoms with Crippen LogP contribution in [0.2, 0.25) is 0 Å². The zero-order chi connectivity index (χ0) is 26.5. The smallest absolute Gasteiger partial charge is 0.340 e. The number of methoxy groups -OCH3 is 5. The molecule has 12 heteroatoms. The van der Waals surface area contributed by atoms with Crippen LogP contribution in [0.15, 0.2) is 35.2 Å². The zero-order valence-electron chi connectivity index (χ0n) is 20.8. The van der Waals surface area contributed by atoms with Gasteiger partial charge in [-0.05, 0) is 25.0 Å². The van der Waals surface area contributed by atoms with E-state index >= 15 is 0 Å². The van der Waals surface area contributed by atoms with Gasteiger partial charge in [0.15, 0.2) is 11.5 Å². The van der Waals surface area contributed by atoms with Crippen molar-refractivity contribution in [2.45, 2.75) is 17.7 Å². The maximum atomic E-state index is 13.5. The molecule has 1 N–H and O–H groups in total. The molecule has 2 aromatic carbocycles. The van der Waals surface area contributed by atoms with Gasteiger partial charge in [-0.1, -0.05) is 0 Å². The zero-order valence-corrected chi connectivity index (χ0v) is 21.6. The highest BCUT2D eigenvalue weighted by atomic mass is 32.2. The molecule has 0 unspecified atom stereocenters. The summed E-state index contributed by atoms with van der Waals surface area (Å²) >= 11 is 0. The average molecular weight is 523 g/mol. The lowest BCUT2D eigenvalue weighted by Gasteiger charge is -2.31. The molecule has 196 valence electrons. The van der Waals surface area contributed by atoms with Gasteiger partial charge in [0, 0.05) is 31.3 Å². The predicted molar refractivity (Wildman–Crippen MR) is 131 cm³/mol. The molecule has 11 nitrogen and oxygen atoms in total. The highest BCUT2D eigenvalue weighted by Gasteiger charge is 2.35. The number of piperidine rings is 1. The first-order valence-electron chi connectivity index (χ1n) is 11.1. The van der Waals surface area contributed by atoms with E-state index in [9.17, 15) is 18.0 Å². The van der Waals surface area contributed by atoms with Crippen LogP contribution >= 0.6 is 0 Å². The van der Waals surface area contributed by atoms with Gasteiger partial charge >= 0.3 is 5.97 Å². The molecule has 1 atom stereocenters. The average Bonchev–Trinajstić information content (AvgIpc) is 2.91. The number of ether oxygens (including phenoxy) is 5. The van der Waals surface area contributed by atoms with Crippen molar-refractivity contribution in [1.82, 2.24) is 4.31 Å². The van der Waals surface area contributed by atoms with Crippen molar-refractivity contribution in [3.63, 3.8) is 0 Å². The molecule has 1 saturated heterocycles. The molecule has 3 rings (SSSR count). The van der Waals surface area contributed by atoms with E-state index in [2.05, 4.69) is 5.32 Å². The Bertz CT molecular complexity index is 1230. The summed E-state index contributed by atoms with van der Waals surface area (Å²) < 4.78 is 54.0. The highest BCUT2D eigenvalue weighted by molar-refractivity contribution is 7.89. The third-order valence-corrected chi connectivity index (χ3v) is 7.82. The van der Waals surface area contributed by atoms with E-state index < -0.39 is 27.8 Å². The summed E-state index contributed by atoms with van der Waals surface area (Å²) in [5.41, 5.74) is 0.240. The van der Waals surface area contributed by atoms with Crippen LogP contribution in [0.3, 0.4) is 0 Å². The molecule has 0 saturated carbocycles. The summed E-state index contributed by atoms with van der Waals surface area (Å²) in [5, 5.41) is 2.73. The number of nitrogens with zero attached hydrogens (tertiary/aromatic N) is 1. The third kappa shape index (κ3) is 5.49. The number of carbonyl (C=O) groups is 2. The van der Waals surface area contributed by atoms with E-state index in [1.54, 1.807) is 6.07 Å². The second kappa shape index (κ2) is 11.5. The number of hydrogen-bond donors (Lipinski definition) is 1. The fourth-order valence-corrected chi connectivity index (χ4v) is 5.69. The number of anilines is 1. The van der Waals surface area contributed by atoms with Crippen LogP contribution in [-0.4, -0.2) is 73.2 Å². The minimum atomic E-state index is -3.98. The molecule has 1 heterocycles. The fraction of sp³-hybridized carbons (Fsp3) is 0.417. The van der Waals surface area contributed by atoms with Crippen LogP contribution in [0.1, 0.15) is 23.2 Å². The normalized spacial score (nSPS) is 16.1. The lowest BCUT2D eigenvalue weighted by molar-refractivity contribution is -0.120. The largest absolute Gasteiger partial charge is 0.497 e. The molecule has 0 radical (unpaired) electrons. The van der Waals surface area contributed by atoms with Gasteiger partial charge < -0.3 is 29.0 Å². The minimum Gasteiger partial charge on any atom is -0.497 e. The molecule has 0 spiro atoms. The molecule has 0 aromatic heterocycles. The van der Waals surface area contributed by atoms with Crippen LogP contribution in [0.5, 0.6) is 23.0 Å². The summed E-state index contributed by atoms with van der Waals surface area (Å²) in [6.45, 7) is 0.200. The van der Waals surface area contributed by atoms with Crippen LogP contribution < -0.4 is 24.3 Å². The summed E-state index contributed by atoms with van der Waals surface area (Å²) in [5.74, 6) is -0.644. The standard InChI is InChI=1S/C24H30N2O9S/c1-31-16-8-9-19(32-2)22(11-16)36(29,30)26-10-6-7-15(14-26)23(27)25-18-13-21(34-4)20(33-3)12-17(18)24(28)35-5/h8-9,11-13,15H,6-7,10,14H2,1-5H3,(H,25,27)/t15-/m0/s1. The van der Waals surface area contributed by atoms with Gasteiger partial charge in [0.25, 0.3) is 0 Å². The Hall–Kier alpha value is -3.51. The maximum absolute atomic E-state index is 13.5. The number of rotatable bonds is 9. The Morgan fingerprint density at radius 2 is 1.58 bits per heavy atom. The number of esters is 1. The maximum Gasteiger partial charge on any atom is 0.340 e. The number of sulfonamides is 1. The van der Waals surface area contributed by atoms with Gasteiger partial charge in [-0.2, -0.15) is 4.31 Å². The van der Waals surface area contributed by atoms with Gasteiger partial charge in [0.2, 0.25) is 15.9 Å². The van der Waals surface area contributed by atoms with Crippen LogP contribution in [0.25, 0.3) is 0 Å². The summed E-state index contributed by atoms with van der Waals surface area (Å²) in [4.78, 5) is 25.5. The van der Waals surface area contributed by atoms with Crippen molar-refractivity contribution in [2.75, 3.05) is 54.0 Å². The molecule has 1 aliphatic rings. The van der Waals surface area contributed by atoms with E-state index in [4.69, 9.17) is 23.7 Å². The predicted octanol–water partition coefficient (Wildman–Crippen LogP) is 2.55. The first kappa shape index (κ1) is 27.1. The van der Waals surface area contributed by atoms with Gasteiger partial charge in [0.05, 0.1) is 52.7 Å². The van der Waals surface area contributed by atoms with Crippen molar-refractivity contribution in [2.24, 2.45) is 5.92 Å². The van der Waals surface area contributed by atoms with E-state index in [1.807, 2.05) is 0 Å². The number of amides is 1. The number of benzene rings is 2. The molecule has 0 aliphatic carbocycles. The van der Waals surface area contributed by atoms with Gasteiger partial charge in [-0.15, -0.1) is 0 Å². The topological polar surface area (TPSA) is 130 Å². The first-order chi connectivity index (χ1) is 17.2. The lowest BCUT2D eigenvalue weighted by Crippen LogP contribution is -2.43. The Labute approximate surface area is 210 Å². The molecular formula is C24H30N2O9S. The third-order valence-electron chi connectivity index (χ3n) is 5.93. The first-order valence-corrected chi connectivity index (χ1v) is 12.5. The van der Waals surface area contributed by atoms with Crippen LogP contribution in [0.4, 0.5) is 5.69 Å². The fourth-order valence-electron chi connectivity index (χ4n) is 4.00. The lowest BCUT2D eigenvalue weighted by atomic mass is 9.98. The van der Waals surface area contributed by atoms with Crippen molar-refractivity contribution < 1.29 is 41.7 Å². The van der Waals surface area contributed by atoms with Crippen molar-refractivity contribution in [1.29, 1.82) is 0 Å². The van der Waals surface area contributed by atoms with Crippen molar-refractivity contribution >= 4 is 27.6 Å². The second-order valence-electron chi connectivity index (χ2n) is 7.95. The molecule has 2 aromatic rings. The molecule has 36 heavy (non-hydrogen) atoms. The number of nitrogens with one attached hydrogen (secondary N) is 1. The SMILES string of the molecule is COC(=O)c1cc(OC)c(OC)cc1NC(=O)[C@H]1CCCN(S(=O)(=O)c2cc(OC)ccc2OC)C1. The summed E-state index contributed by atoms with van der Waals surface area (Å²) in [6, 6.07) is 7.39. The van der Waals surface area contributed by atoms with E-state index in [0.717, 1.165) is 0 Å². The van der Waals surface area contributed by atoms with Crippen molar-refractivity contribution in [3.05, 3.63) is 35.9 Å². The highest BCUT2D eigenvalue weighted by Crippen LogP contribution is 2.35.